The van der Waals surface area contributed by atoms with Gasteiger partial charge in [-0.3, -0.25) is 9.08 Å². The summed E-state index contributed by atoms with van der Waals surface area (Å²) in [4.78, 5) is 2.72. The molecule has 0 atom stereocenters. The monoisotopic (exact) mass is 327 g/mol. The van der Waals surface area contributed by atoms with E-state index in [2.05, 4.69) is 4.90 Å². The Hall–Kier alpha value is -0.560. The summed E-state index contributed by atoms with van der Waals surface area (Å²) < 4.78 is 29.7. The Kier molecular flexibility index (Phi) is 4.59. The normalized spacial score (nSPS) is 27.3. The van der Waals surface area contributed by atoms with Crippen molar-refractivity contribution >= 4 is 21.9 Å². The van der Waals surface area contributed by atoms with E-state index in [0.717, 1.165) is 31.5 Å². The molecular weight excluding hydrogens is 306 g/mol. The molecule has 0 amide bonds. The lowest BCUT2D eigenvalue weighted by atomic mass is 9.88. The molecule has 0 unspecified atom stereocenters. The number of hydrogen-bond donors (Lipinski definition) is 0. The SMILES string of the molecule is Cc1ccc(S(=O)(=O)OC2CC(N3CCSCC3)C2)cc1. The third-order valence-corrected chi connectivity index (χ3v) is 6.52. The fourth-order valence-electron chi connectivity index (χ4n) is 2.80. The molecule has 1 aromatic carbocycles. The summed E-state index contributed by atoms with van der Waals surface area (Å²) in [6, 6.07) is 7.33. The molecule has 116 valence electrons. The van der Waals surface area contributed by atoms with Gasteiger partial charge in [0.15, 0.2) is 0 Å². The summed E-state index contributed by atoms with van der Waals surface area (Å²) in [5.74, 6) is 2.37. The Morgan fingerprint density at radius 2 is 1.76 bits per heavy atom. The van der Waals surface area contributed by atoms with Gasteiger partial charge in [-0.1, -0.05) is 17.7 Å². The van der Waals surface area contributed by atoms with Crippen LogP contribution in [0.4, 0.5) is 0 Å². The van der Waals surface area contributed by atoms with Crippen LogP contribution < -0.4 is 0 Å². The largest absolute Gasteiger partial charge is 0.299 e. The number of nitrogens with zero attached hydrogens (tertiary/aromatic N) is 1. The Morgan fingerprint density at radius 3 is 2.38 bits per heavy atom. The molecular formula is C15H21NO3S2. The Morgan fingerprint density at radius 1 is 1.14 bits per heavy atom. The number of rotatable bonds is 4. The molecule has 1 heterocycles. The lowest BCUT2D eigenvalue weighted by molar-refractivity contribution is 0.0258. The van der Waals surface area contributed by atoms with Gasteiger partial charge in [-0.2, -0.15) is 20.2 Å². The van der Waals surface area contributed by atoms with Crippen molar-refractivity contribution in [3.05, 3.63) is 29.8 Å². The Balaban J connectivity index is 1.54. The van der Waals surface area contributed by atoms with Gasteiger partial charge < -0.3 is 0 Å². The molecule has 1 saturated heterocycles. The first-order valence-corrected chi connectivity index (χ1v) is 9.93. The third kappa shape index (κ3) is 3.62. The van der Waals surface area contributed by atoms with Crippen LogP contribution in [0, 0.1) is 6.92 Å². The van der Waals surface area contributed by atoms with E-state index in [9.17, 15) is 8.42 Å². The van der Waals surface area contributed by atoms with Crippen molar-refractivity contribution in [1.82, 2.24) is 4.90 Å². The van der Waals surface area contributed by atoms with Crippen molar-refractivity contribution in [3.8, 4) is 0 Å². The second-order valence-electron chi connectivity index (χ2n) is 5.76. The molecule has 1 aliphatic carbocycles. The summed E-state index contributed by atoms with van der Waals surface area (Å²) in [6.45, 7) is 4.17. The van der Waals surface area contributed by atoms with Crippen molar-refractivity contribution in [2.75, 3.05) is 24.6 Å². The number of aryl methyl sites for hydroxylation is 1. The molecule has 3 rings (SSSR count). The summed E-state index contributed by atoms with van der Waals surface area (Å²) in [6.07, 6.45) is 1.50. The highest BCUT2D eigenvalue weighted by molar-refractivity contribution is 7.99. The number of thioether (sulfide) groups is 1. The van der Waals surface area contributed by atoms with Gasteiger partial charge in [0.05, 0.1) is 11.0 Å². The molecule has 21 heavy (non-hydrogen) atoms. The van der Waals surface area contributed by atoms with Crippen molar-refractivity contribution < 1.29 is 12.6 Å². The van der Waals surface area contributed by atoms with Crippen LogP contribution in [-0.2, 0) is 14.3 Å². The van der Waals surface area contributed by atoms with E-state index in [1.165, 1.54) is 11.5 Å². The average Bonchev–Trinajstić information content (AvgIpc) is 2.44. The Labute approximate surface area is 131 Å². The van der Waals surface area contributed by atoms with Gasteiger partial charge in [-0.15, -0.1) is 0 Å². The maximum absolute atomic E-state index is 12.2. The molecule has 0 bridgehead atoms. The van der Waals surface area contributed by atoms with Crippen LogP contribution >= 0.6 is 11.8 Å². The molecule has 4 nitrogen and oxygen atoms in total. The van der Waals surface area contributed by atoms with Crippen LogP contribution in [0.15, 0.2) is 29.2 Å². The van der Waals surface area contributed by atoms with Crippen molar-refractivity contribution in [3.63, 3.8) is 0 Å². The standard InChI is InChI=1S/C15H21NO3S2/c1-12-2-4-15(5-3-12)21(17,18)19-14-10-13(11-14)16-6-8-20-9-7-16/h2-5,13-14H,6-11H2,1H3. The first-order valence-electron chi connectivity index (χ1n) is 7.36. The molecule has 0 aromatic heterocycles. The minimum Gasteiger partial charge on any atom is -0.299 e. The van der Waals surface area contributed by atoms with Gasteiger partial charge >= 0.3 is 0 Å². The maximum atomic E-state index is 12.2. The number of hydrogen-bond acceptors (Lipinski definition) is 5. The molecule has 1 aliphatic heterocycles. The highest BCUT2D eigenvalue weighted by Gasteiger charge is 2.37. The van der Waals surface area contributed by atoms with E-state index in [-0.39, 0.29) is 11.0 Å². The van der Waals surface area contributed by atoms with Crippen LogP contribution in [0.25, 0.3) is 0 Å². The van der Waals surface area contributed by atoms with E-state index in [1.807, 2.05) is 18.7 Å². The van der Waals surface area contributed by atoms with Crippen molar-refractivity contribution in [2.45, 2.75) is 36.8 Å². The maximum Gasteiger partial charge on any atom is 0.297 e. The second kappa shape index (κ2) is 6.28. The van der Waals surface area contributed by atoms with Gasteiger partial charge in [0.2, 0.25) is 0 Å². The first-order chi connectivity index (χ1) is 10.0. The smallest absolute Gasteiger partial charge is 0.297 e. The fraction of sp³-hybridized carbons (Fsp3) is 0.600. The molecule has 0 spiro atoms. The molecule has 0 radical (unpaired) electrons. The van der Waals surface area contributed by atoms with Gasteiger partial charge in [0, 0.05) is 30.6 Å². The van der Waals surface area contributed by atoms with Gasteiger partial charge in [-0.05, 0) is 31.9 Å². The summed E-state index contributed by atoms with van der Waals surface area (Å²) in [5, 5.41) is 0. The average molecular weight is 327 g/mol. The van der Waals surface area contributed by atoms with E-state index in [0.29, 0.717) is 6.04 Å². The predicted octanol–water partition coefficient (Wildman–Crippen LogP) is 2.28. The zero-order chi connectivity index (χ0) is 14.9. The molecule has 0 N–H and O–H groups in total. The lowest BCUT2D eigenvalue weighted by Gasteiger charge is -2.43. The van der Waals surface area contributed by atoms with Crippen LogP contribution in [0.3, 0.4) is 0 Å². The van der Waals surface area contributed by atoms with Crippen LogP contribution in [0.5, 0.6) is 0 Å². The fourth-order valence-corrected chi connectivity index (χ4v) is 4.82. The zero-order valence-electron chi connectivity index (χ0n) is 12.2. The summed E-state index contributed by atoms with van der Waals surface area (Å²) >= 11 is 1.99. The lowest BCUT2D eigenvalue weighted by Crippen LogP contribution is -2.51. The molecule has 1 aromatic rings. The van der Waals surface area contributed by atoms with E-state index >= 15 is 0 Å². The highest BCUT2D eigenvalue weighted by Crippen LogP contribution is 2.32. The third-order valence-electron chi connectivity index (χ3n) is 4.20. The molecule has 6 heteroatoms. The van der Waals surface area contributed by atoms with Crippen LogP contribution in [0.1, 0.15) is 18.4 Å². The second-order valence-corrected chi connectivity index (χ2v) is 8.56. The van der Waals surface area contributed by atoms with Crippen LogP contribution in [-0.4, -0.2) is 50.1 Å². The van der Waals surface area contributed by atoms with E-state index in [4.69, 9.17) is 4.18 Å². The summed E-state index contributed by atoms with van der Waals surface area (Å²) in [7, 11) is -3.61. The molecule has 2 aliphatic rings. The predicted molar refractivity (Wildman–Crippen MR) is 85.2 cm³/mol. The molecule has 2 fully saturated rings. The number of benzene rings is 1. The Bertz CT molecular complexity index is 573. The minimum atomic E-state index is -3.61. The van der Waals surface area contributed by atoms with Crippen LogP contribution in [0.2, 0.25) is 0 Å². The first kappa shape index (κ1) is 15.3. The minimum absolute atomic E-state index is 0.157. The van der Waals surface area contributed by atoms with Gasteiger partial charge in [-0.25, -0.2) is 0 Å². The zero-order valence-corrected chi connectivity index (χ0v) is 13.8. The highest BCUT2D eigenvalue weighted by atomic mass is 32.2. The van der Waals surface area contributed by atoms with Gasteiger partial charge in [0.1, 0.15) is 0 Å². The van der Waals surface area contributed by atoms with E-state index < -0.39 is 10.1 Å². The topological polar surface area (TPSA) is 46.6 Å². The quantitative estimate of drug-likeness (QED) is 0.794. The van der Waals surface area contributed by atoms with Crippen molar-refractivity contribution in [1.29, 1.82) is 0 Å². The molecule has 1 saturated carbocycles. The van der Waals surface area contributed by atoms with Crippen molar-refractivity contribution in [2.24, 2.45) is 0 Å². The van der Waals surface area contributed by atoms with Gasteiger partial charge in [0.25, 0.3) is 10.1 Å². The summed E-state index contributed by atoms with van der Waals surface area (Å²) in [5.41, 5.74) is 1.04. The van der Waals surface area contributed by atoms with E-state index in [1.54, 1.807) is 24.3 Å².